The predicted molar refractivity (Wildman–Crippen MR) is 109 cm³/mol. The Balaban J connectivity index is 1.95. The van der Waals surface area contributed by atoms with Crippen LogP contribution in [0.3, 0.4) is 0 Å². The van der Waals surface area contributed by atoms with Gasteiger partial charge in [-0.1, -0.05) is 0 Å². The first-order valence-corrected chi connectivity index (χ1v) is 10.7. The molecule has 190 valence electrons. The quantitative estimate of drug-likeness (QED) is 0.257. The van der Waals surface area contributed by atoms with E-state index in [1.165, 1.54) is 13.8 Å². The monoisotopic (exact) mass is 478 g/mol. The summed E-state index contributed by atoms with van der Waals surface area (Å²) in [5.74, 6) is -3.05. The molecular weight excluding hydrogens is 444 g/mol. The fourth-order valence-electron chi connectivity index (χ4n) is 4.07. The molecule has 2 aliphatic heterocycles. The topological polar surface area (TPSA) is 189 Å². The van der Waals surface area contributed by atoms with Gasteiger partial charge < -0.3 is 44.5 Å². The van der Waals surface area contributed by atoms with E-state index in [1.54, 1.807) is 20.8 Å². The van der Waals surface area contributed by atoms with E-state index in [1.807, 2.05) is 0 Å². The number of ether oxygens (including phenoxy) is 4. The van der Waals surface area contributed by atoms with E-state index in [0.717, 1.165) is 0 Å². The number of hydrogen-bond donors (Lipinski definition) is 5. The van der Waals surface area contributed by atoms with Crippen molar-refractivity contribution in [3.63, 3.8) is 0 Å². The summed E-state index contributed by atoms with van der Waals surface area (Å²) in [5, 5.41) is 49.8. The van der Waals surface area contributed by atoms with Gasteiger partial charge in [0, 0.05) is 12.3 Å². The van der Waals surface area contributed by atoms with Crippen LogP contribution in [0.2, 0.25) is 0 Å². The molecule has 5 N–H and O–H groups in total. The standard InChI is InChI=1S/C21H34O12/c1-19(2,29)11-8-13(23)32-21(11,5)7-6-12(22)30-9-10-14(24)15(25)16(26)17(31-10)33-20(3,4)18(27)28/h10-11,14-17,24-26,29H,6-9H2,1-5H3,(H,27,28)/t10-,11-,14-,15+,16-,17+,21+/m1/s1. The Morgan fingerprint density at radius 1 is 1.12 bits per heavy atom. The second kappa shape index (κ2) is 9.80. The van der Waals surface area contributed by atoms with E-state index in [2.05, 4.69) is 0 Å². The van der Waals surface area contributed by atoms with Crippen molar-refractivity contribution in [1.29, 1.82) is 0 Å². The zero-order valence-corrected chi connectivity index (χ0v) is 19.4. The lowest BCUT2D eigenvalue weighted by molar-refractivity contribution is -0.321. The van der Waals surface area contributed by atoms with Crippen LogP contribution in [0.25, 0.3) is 0 Å². The minimum Gasteiger partial charge on any atom is -0.479 e. The Morgan fingerprint density at radius 3 is 2.27 bits per heavy atom. The molecule has 2 heterocycles. The number of carbonyl (C=O) groups is 3. The molecule has 0 bridgehead atoms. The van der Waals surface area contributed by atoms with Crippen LogP contribution in [0.4, 0.5) is 0 Å². The highest BCUT2D eigenvalue weighted by Gasteiger charge is 2.52. The second-order valence-electron chi connectivity index (χ2n) is 9.83. The highest BCUT2D eigenvalue weighted by atomic mass is 16.7. The maximum absolute atomic E-state index is 12.3. The van der Waals surface area contributed by atoms with Gasteiger partial charge in [0.05, 0.1) is 12.0 Å². The second-order valence-corrected chi connectivity index (χ2v) is 9.83. The molecule has 0 radical (unpaired) electrons. The summed E-state index contributed by atoms with van der Waals surface area (Å²) < 4.78 is 21.1. The van der Waals surface area contributed by atoms with Gasteiger partial charge in [-0.05, 0) is 41.0 Å². The minimum absolute atomic E-state index is 0.0193. The number of carbonyl (C=O) groups excluding carboxylic acids is 2. The number of carboxylic acids is 1. The number of cyclic esters (lactones) is 1. The van der Waals surface area contributed by atoms with Gasteiger partial charge in [0.15, 0.2) is 11.9 Å². The van der Waals surface area contributed by atoms with E-state index in [9.17, 15) is 39.9 Å². The summed E-state index contributed by atoms with van der Waals surface area (Å²) in [5.41, 5.74) is -4.04. The van der Waals surface area contributed by atoms with Crippen molar-refractivity contribution in [3.05, 3.63) is 0 Å². The molecule has 2 fully saturated rings. The van der Waals surface area contributed by atoms with Gasteiger partial charge in [-0.15, -0.1) is 0 Å². The predicted octanol–water partition coefficient (Wildman–Crippen LogP) is -0.910. The van der Waals surface area contributed by atoms with Crippen LogP contribution in [0, 0.1) is 5.92 Å². The van der Waals surface area contributed by atoms with E-state index in [0.29, 0.717) is 0 Å². The Kier molecular flexibility index (Phi) is 8.14. The molecule has 0 aromatic heterocycles. The van der Waals surface area contributed by atoms with Gasteiger partial charge in [-0.25, -0.2) is 4.79 Å². The lowest BCUT2D eigenvalue weighted by Gasteiger charge is -2.41. The number of carboxylic acid groups (broad SMARTS) is 1. The fraction of sp³-hybridized carbons (Fsp3) is 0.857. The Morgan fingerprint density at radius 2 is 1.73 bits per heavy atom. The number of hydrogen-bond acceptors (Lipinski definition) is 11. The summed E-state index contributed by atoms with van der Waals surface area (Å²) in [4.78, 5) is 35.3. The van der Waals surface area contributed by atoms with E-state index in [4.69, 9.17) is 18.9 Å². The zero-order chi connectivity index (χ0) is 25.4. The summed E-state index contributed by atoms with van der Waals surface area (Å²) in [6.45, 7) is 6.67. The maximum Gasteiger partial charge on any atom is 0.335 e. The normalized spacial score (nSPS) is 35.2. The Bertz CT molecular complexity index is 744. The number of aliphatic carboxylic acids is 1. The molecule has 12 heteroatoms. The van der Waals surface area contributed by atoms with Gasteiger partial charge in [-0.2, -0.15) is 0 Å². The third-order valence-corrected chi connectivity index (χ3v) is 6.14. The first kappa shape index (κ1) is 27.4. The summed E-state index contributed by atoms with van der Waals surface area (Å²) in [6, 6.07) is 0. The molecule has 2 saturated heterocycles. The Labute approximate surface area is 191 Å². The lowest BCUT2D eigenvalue weighted by Crippen LogP contribution is -2.61. The molecule has 0 aromatic rings. The van der Waals surface area contributed by atoms with Crippen LogP contribution in [-0.4, -0.2) is 97.6 Å². The van der Waals surface area contributed by atoms with Crippen LogP contribution >= 0.6 is 0 Å². The third kappa shape index (κ3) is 6.40. The SMILES string of the molecule is CC(C)(O[C@@H]1O[C@H](COC(=O)CC[C@]2(C)OC(=O)C[C@@H]2C(C)(C)O)[C@@H](O)[C@H](O)[C@H]1O)C(=O)O. The molecule has 7 atom stereocenters. The molecule has 0 spiro atoms. The largest absolute Gasteiger partial charge is 0.479 e. The molecule has 0 aliphatic carbocycles. The van der Waals surface area contributed by atoms with Gasteiger partial charge in [0.25, 0.3) is 0 Å². The number of aliphatic hydroxyl groups excluding tert-OH is 3. The summed E-state index contributed by atoms with van der Waals surface area (Å²) >= 11 is 0. The van der Waals surface area contributed by atoms with Crippen molar-refractivity contribution >= 4 is 17.9 Å². The molecule has 0 unspecified atom stereocenters. The lowest BCUT2D eigenvalue weighted by atomic mass is 9.75. The van der Waals surface area contributed by atoms with Crippen LogP contribution in [0.1, 0.15) is 53.9 Å². The highest BCUT2D eigenvalue weighted by molar-refractivity contribution is 5.76. The molecule has 0 aromatic carbocycles. The fourth-order valence-corrected chi connectivity index (χ4v) is 4.07. The molecule has 2 rings (SSSR count). The molecular formula is C21H34O12. The average molecular weight is 478 g/mol. The summed E-state index contributed by atoms with van der Waals surface area (Å²) in [6.07, 6.45) is -8.06. The minimum atomic E-state index is -1.76. The van der Waals surface area contributed by atoms with Crippen molar-refractivity contribution in [2.75, 3.05) is 6.61 Å². The maximum atomic E-state index is 12.3. The highest BCUT2D eigenvalue weighted by Crippen LogP contribution is 2.42. The molecule has 33 heavy (non-hydrogen) atoms. The third-order valence-electron chi connectivity index (χ3n) is 6.14. The molecule has 0 saturated carbocycles. The number of aliphatic hydroxyl groups is 4. The van der Waals surface area contributed by atoms with Crippen LogP contribution in [0.15, 0.2) is 0 Å². The smallest absolute Gasteiger partial charge is 0.335 e. The van der Waals surface area contributed by atoms with Gasteiger partial charge in [-0.3, -0.25) is 9.59 Å². The number of esters is 2. The van der Waals surface area contributed by atoms with Crippen molar-refractivity contribution in [1.82, 2.24) is 0 Å². The van der Waals surface area contributed by atoms with E-state index >= 15 is 0 Å². The first-order chi connectivity index (χ1) is 15.0. The average Bonchev–Trinajstić information content (AvgIpc) is 3.00. The molecule has 0 amide bonds. The molecule has 2 aliphatic rings. The van der Waals surface area contributed by atoms with E-state index in [-0.39, 0.29) is 19.3 Å². The van der Waals surface area contributed by atoms with Crippen molar-refractivity contribution in [3.8, 4) is 0 Å². The van der Waals surface area contributed by atoms with Crippen LogP contribution < -0.4 is 0 Å². The van der Waals surface area contributed by atoms with E-state index < -0.39 is 77.9 Å². The van der Waals surface area contributed by atoms with Gasteiger partial charge >= 0.3 is 17.9 Å². The summed E-state index contributed by atoms with van der Waals surface area (Å²) in [7, 11) is 0. The van der Waals surface area contributed by atoms with Crippen LogP contribution in [0.5, 0.6) is 0 Å². The first-order valence-electron chi connectivity index (χ1n) is 10.7. The Hall–Kier alpha value is -1.83. The van der Waals surface area contributed by atoms with Crippen LogP contribution in [-0.2, 0) is 33.3 Å². The van der Waals surface area contributed by atoms with Crippen molar-refractivity contribution < 1.29 is 58.9 Å². The number of rotatable bonds is 9. The molecule has 12 nitrogen and oxygen atoms in total. The zero-order valence-electron chi connectivity index (χ0n) is 19.4. The van der Waals surface area contributed by atoms with Gasteiger partial charge in [0.1, 0.15) is 36.6 Å². The van der Waals surface area contributed by atoms with Crippen molar-refractivity contribution in [2.45, 2.75) is 101 Å². The van der Waals surface area contributed by atoms with Gasteiger partial charge in [0.2, 0.25) is 0 Å². The van der Waals surface area contributed by atoms with Crippen molar-refractivity contribution in [2.24, 2.45) is 5.92 Å².